The van der Waals surface area contributed by atoms with Crippen molar-refractivity contribution >= 4 is 0 Å². The van der Waals surface area contributed by atoms with E-state index in [9.17, 15) is 25.5 Å². The van der Waals surface area contributed by atoms with Crippen molar-refractivity contribution in [1.29, 1.82) is 0 Å². The molecule has 5 nitrogen and oxygen atoms in total. The number of aliphatic hydroxyl groups is 5. The van der Waals surface area contributed by atoms with Crippen LogP contribution in [0.25, 0.3) is 0 Å². The molecule has 0 saturated heterocycles. The first-order valence-corrected chi connectivity index (χ1v) is 8.86. The molecular formula is C17H28O5. The summed E-state index contributed by atoms with van der Waals surface area (Å²) in [7, 11) is 0. The lowest BCUT2D eigenvalue weighted by molar-refractivity contribution is -0.221. The van der Waals surface area contributed by atoms with Gasteiger partial charge in [0.2, 0.25) is 0 Å². The summed E-state index contributed by atoms with van der Waals surface area (Å²) in [6.45, 7) is 0. The monoisotopic (exact) mass is 312 g/mol. The second-order valence-corrected chi connectivity index (χ2v) is 8.32. The summed E-state index contributed by atoms with van der Waals surface area (Å²) >= 11 is 0. The highest BCUT2D eigenvalue weighted by atomic mass is 16.3. The van der Waals surface area contributed by atoms with Crippen molar-refractivity contribution in [1.82, 2.24) is 0 Å². The quantitative estimate of drug-likeness (QED) is 0.434. The predicted molar refractivity (Wildman–Crippen MR) is 78.7 cm³/mol. The molecule has 0 bridgehead atoms. The van der Waals surface area contributed by atoms with Crippen molar-refractivity contribution in [2.75, 3.05) is 0 Å². The first kappa shape index (κ1) is 15.3. The Balaban J connectivity index is 1.66. The third kappa shape index (κ3) is 2.02. The van der Waals surface area contributed by atoms with Crippen LogP contribution in [-0.2, 0) is 0 Å². The minimum atomic E-state index is -1.07. The Morgan fingerprint density at radius 3 is 2.32 bits per heavy atom. The molecule has 0 aliphatic heterocycles. The van der Waals surface area contributed by atoms with Crippen molar-refractivity contribution in [3.63, 3.8) is 0 Å². The van der Waals surface area contributed by atoms with Gasteiger partial charge in [-0.05, 0) is 62.2 Å². The van der Waals surface area contributed by atoms with Crippen LogP contribution in [0.4, 0.5) is 0 Å². The van der Waals surface area contributed by atoms with Gasteiger partial charge in [0, 0.05) is 12.3 Å². The molecule has 0 radical (unpaired) electrons. The normalized spacial score (nSPS) is 61.2. The highest BCUT2D eigenvalue weighted by Crippen LogP contribution is 2.59. The zero-order valence-corrected chi connectivity index (χ0v) is 12.9. The van der Waals surface area contributed by atoms with E-state index < -0.39 is 23.9 Å². The van der Waals surface area contributed by atoms with Crippen molar-refractivity contribution in [3.8, 4) is 0 Å². The maximum absolute atomic E-state index is 11.4. The summed E-state index contributed by atoms with van der Waals surface area (Å²) in [5, 5.41) is 52.3. The SMILES string of the molecule is OC1CCC2C(C1)C(O)CC1(O)C2CCC2CC(O)C(O)C21. The van der Waals surface area contributed by atoms with E-state index >= 15 is 0 Å². The van der Waals surface area contributed by atoms with Crippen molar-refractivity contribution < 1.29 is 25.5 Å². The molecule has 126 valence electrons. The maximum Gasteiger partial charge on any atom is 0.0857 e. The number of fused-ring (bicyclic) bond motifs is 5. The second kappa shape index (κ2) is 5.15. The molecule has 4 rings (SSSR count). The molecule has 0 aromatic carbocycles. The van der Waals surface area contributed by atoms with Gasteiger partial charge in [-0.1, -0.05) is 0 Å². The Morgan fingerprint density at radius 2 is 1.55 bits per heavy atom. The standard InChI is InChI=1S/C17H28O5/c18-9-2-3-10-11(6-9)14(20)7-17(22)12(10)4-1-8-5-13(19)16(21)15(8)17/h8-16,18-22H,1-7H2. The molecule has 0 aromatic heterocycles. The average Bonchev–Trinajstić information content (AvgIpc) is 2.75. The fraction of sp³-hybridized carbons (Fsp3) is 1.00. The zero-order valence-electron chi connectivity index (χ0n) is 12.9. The highest BCUT2D eigenvalue weighted by molar-refractivity contribution is 5.13. The molecule has 0 aromatic rings. The van der Waals surface area contributed by atoms with Crippen LogP contribution in [0, 0.1) is 29.6 Å². The summed E-state index contributed by atoms with van der Waals surface area (Å²) in [5.74, 6) is 0.208. The molecule has 4 fully saturated rings. The number of hydrogen-bond donors (Lipinski definition) is 5. The Labute approximate surface area is 131 Å². The lowest BCUT2D eigenvalue weighted by Gasteiger charge is -2.58. The van der Waals surface area contributed by atoms with Crippen LogP contribution in [0.2, 0.25) is 0 Å². The van der Waals surface area contributed by atoms with Gasteiger partial charge in [-0.25, -0.2) is 0 Å². The number of rotatable bonds is 0. The van der Waals surface area contributed by atoms with Gasteiger partial charge in [0.25, 0.3) is 0 Å². The molecule has 5 heteroatoms. The molecular weight excluding hydrogens is 284 g/mol. The molecule has 22 heavy (non-hydrogen) atoms. The first-order chi connectivity index (χ1) is 10.4. The van der Waals surface area contributed by atoms with Gasteiger partial charge >= 0.3 is 0 Å². The first-order valence-electron chi connectivity index (χ1n) is 8.86. The second-order valence-electron chi connectivity index (χ2n) is 8.32. The summed E-state index contributed by atoms with van der Waals surface area (Å²) in [5.41, 5.74) is -1.07. The van der Waals surface area contributed by atoms with Crippen LogP contribution >= 0.6 is 0 Å². The summed E-state index contributed by atoms with van der Waals surface area (Å²) in [6.07, 6.45) is 2.29. The Morgan fingerprint density at radius 1 is 0.773 bits per heavy atom. The highest BCUT2D eigenvalue weighted by Gasteiger charge is 2.63. The molecule has 10 atom stereocenters. The van der Waals surface area contributed by atoms with Gasteiger partial charge in [0.1, 0.15) is 0 Å². The lowest BCUT2D eigenvalue weighted by Crippen LogP contribution is -2.63. The maximum atomic E-state index is 11.4. The molecule has 0 amide bonds. The van der Waals surface area contributed by atoms with E-state index in [0.29, 0.717) is 12.8 Å². The third-order valence-corrected chi connectivity index (χ3v) is 7.36. The van der Waals surface area contributed by atoms with E-state index in [1.807, 2.05) is 0 Å². The zero-order chi connectivity index (χ0) is 15.6. The molecule has 4 aliphatic carbocycles. The molecule has 5 N–H and O–H groups in total. The van der Waals surface area contributed by atoms with Crippen LogP contribution < -0.4 is 0 Å². The van der Waals surface area contributed by atoms with Gasteiger partial charge in [-0.2, -0.15) is 0 Å². The Hall–Kier alpha value is -0.200. The summed E-state index contributed by atoms with van der Waals surface area (Å²) in [6, 6.07) is 0. The Bertz CT molecular complexity index is 443. The molecule has 10 unspecified atom stereocenters. The molecule has 0 spiro atoms. The van der Waals surface area contributed by atoms with Crippen molar-refractivity contribution in [2.45, 2.75) is 75.0 Å². The van der Waals surface area contributed by atoms with Gasteiger partial charge < -0.3 is 25.5 Å². The van der Waals surface area contributed by atoms with E-state index in [2.05, 4.69) is 0 Å². The minimum absolute atomic E-state index is 0.0639. The van der Waals surface area contributed by atoms with E-state index in [-0.39, 0.29) is 42.1 Å². The van der Waals surface area contributed by atoms with Gasteiger partial charge in [-0.15, -0.1) is 0 Å². The van der Waals surface area contributed by atoms with Crippen LogP contribution in [0.1, 0.15) is 44.9 Å². The van der Waals surface area contributed by atoms with Gasteiger partial charge in [-0.3, -0.25) is 0 Å². The van der Waals surface area contributed by atoms with E-state index in [1.54, 1.807) is 0 Å². The van der Waals surface area contributed by atoms with E-state index in [4.69, 9.17) is 0 Å². The van der Waals surface area contributed by atoms with Gasteiger partial charge in [0.05, 0.1) is 30.0 Å². The Kier molecular flexibility index (Phi) is 3.59. The lowest BCUT2D eigenvalue weighted by atomic mass is 9.50. The fourth-order valence-electron chi connectivity index (χ4n) is 6.51. The minimum Gasteiger partial charge on any atom is -0.393 e. The van der Waals surface area contributed by atoms with Crippen LogP contribution in [0.5, 0.6) is 0 Å². The van der Waals surface area contributed by atoms with Crippen molar-refractivity contribution in [3.05, 3.63) is 0 Å². The fourth-order valence-corrected chi connectivity index (χ4v) is 6.51. The van der Waals surface area contributed by atoms with E-state index in [1.165, 1.54) is 0 Å². The third-order valence-electron chi connectivity index (χ3n) is 7.36. The summed E-state index contributed by atoms with van der Waals surface area (Å²) in [4.78, 5) is 0. The van der Waals surface area contributed by atoms with E-state index in [0.717, 1.165) is 25.7 Å². The smallest absolute Gasteiger partial charge is 0.0857 e. The molecule has 0 heterocycles. The number of hydrogen-bond acceptors (Lipinski definition) is 5. The largest absolute Gasteiger partial charge is 0.393 e. The average molecular weight is 312 g/mol. The molecule has 4 saturated carbocycles. The summed E-state index contributed by atoms with van der Waals surface area (Å²) < 4.78 is 0. The van der Waals surface area contributed by atoms with Crippen LogP contribution in [-0.4, -0.2) is 55.5 Å². The van der Waals surface area contributed by atoms with Crippen LogP contribution in [0.15, 0.2) is 0 Å². The topological polar surface area (TPSA) is 101 Å². The van der Waals surface area contributed by atoms with Crippen LogP contribution in [0.3, 0.4) is 0 Å². The van der Waals surface area contributed by atoms with Gasteiger partial charge in [0.15, 0.2) is 0 Å². The molecule has 4 aliphatic rings. The predicted octanol–water partition coefficient (Wildman–Crippen LogP) is 0.0272. The van der Waals surface area contributed by atoms with Crippen molar-refractivity contribution in [2.24, 2.45) is 29.6 Å². The number of aliphatic hydroxyl groups excluding tert-OH is 4.